The molecule has 0 radical (unpaired) electrons. The third-order valence-electron chi connectivity index (χ3n) is 4.74. The Morgan fingerprint density at radius 2 is 1.96 bits per heavy atom. The number of hydrogen-bond donors (Lipinski definition) is 2. The number of carbonyl (C=O) groups excluding carboxylic acids is 1. The minimum absolute atomic E-state index is 0. The third kappa shape index (κ3) is 5.04. The van der Waals surface area contributed by atoms with Gasteiger partial charge < -0.3 is 15.2 Å². The van der Waals surface area contributed by atoms with Gasteiger partial charge in [-0.3, -0.25) is 14.5 Å². The molecule has 1 saturated heterocycles. The van der Waals surface area contributed by atoms with Crippen LogP contribution in [0.3, 0.4) is 0 Å². The van der Waals surface area contributed by atoms with E-state index in [-0.39, 0.29) is 38.1 Å². The second-order valence-corrected chi connectivity index (χ2v) is 6.64. The first-order valence-electron chi connectivity index (χ1n) is 8.27. The lowest BCUT2D eigenvalue weighted by molar-refractivity contribution is -0.188. The number of hydrogen-bond acceptors (Lipinski definition) is 4. The molecule has 0 spiro atoms. The SMILES string of the molecule is Cl.O=C(CN1C[C@@H](C(F)(F)F)[C@H](C(=O)O)C1)NCC1Cc2ccccc2O1. The highest BCUT2D eigenvalue weighted by molar-refractivity contribution is 5.85. The Bertz CT molecular complexity index is 676. The van der Waals surface area contributed by atoms with Crippen LogP contribution in [0.5, 0.6) is 5.75 Å². The minimum Gasteiger partial charge on any atom is -0.488 e. The normalized spacial score (nSPS) is 24.6. The van der Waals surface area contributed by atoms with Crippen molar-refractivity contribution in [1.82, 2.24) is 10.2 Å². The van der Waals surface area contributed by atoms with Crippen LogP contribution in [0.25, 0.3) is 0 Å². The van der Waals surface area contributed by atoms with Crippen LogP contribution in [0.4, 0.5) is 13.2 Å². The summed E-state index contributed by atoms with van der Waals surface area (Å²) in [5, 5.41) is 11.6. The van der Waals surface area contributed by atoms with E-state index in [1.165, 1.54) is 4.90 Å². The molecule has 0 aromatic heterocycles. The van der Waals surface area contributed by atoms with Gasteiger partial charge in [0.25, 0.3) is 0 Å². The number of aliphatic carboxylic acids is 1. The van der Waals surface area contributed by atoms with Gasteiger partial charge in [0.05, 0.1) is 24.9 Å². The molecule has 2 N–H and O–H groups in total. The molecule has 1 unspecified atom stereocenters. The molecule has 3 atom stereocenters. The first-order valence-corrected chi connectivity index (χ1v) is 8.27. The van der Waals surface area contributed by atoms with E-state index >= 15 is 0 Å². The molecule has 0 bridgehead atoms. The van der Waals surface area contributed by atoms with Crippen LogP contribution < -0.4 is 10.1 Å². The molecule has 6 nitrogen and oxygen atoms in total. The van der Waals surface area contributed by atoms with Crippen molar-refractivity contribution in [3.63, 3.8) is 0 Å². The highest BCUT2D eigenvalue weighted by Gasteiger charge is 2.52. The van der Waals surface area contributed by atoms with Crippen molar-refractivity contribution < 1.29 is 32.6 Å². The largest absolute Gasteiger partial charge is 0.488 e. The van der Waals surface area contributed by atoms with Gasteiger partial charge in [-0.2, -0.15) is 13.2 Å². The number of carboxylic acids is 1. The molecule has 3 rings (SSSR count). The van der Waals surface area contributed by atoms with Gasteiger partial charge in [-0.1, -0.05) is 18.2 Å². The number of likely N-dealkylation sites (tertiary alicyclic amines) is 1. The summed E-state index contributed by atoms with van der Waals surface area (Å²) in [7, 11) is 0. The van der Waals surface area contributed by atoms with Crippen molar-refractivity contribution >= 4 is 24.3 Å². The Morgan fingerprint density at radius 1 is 1.26 bits per heavy atom. The van der Waals surface area contributed by atoms with Gasteiger partial charge in [-0.25, -0.2) is 0 Å². The van der Waals surface area contributed by atoms with Gasteiger partial charge in [0, 0.05) is 19.5 Å². The summed E-state index contributed by atoms with van der Waals surface area (Å²) in [6, 6.07) is 7.52. The fraction of sp³-hybridized carbons (Fsp3) is 0.529. The summed E-state index contributed by atoms with van der Waals surface area (Å²) in [6.45, 7) is -0.806. The zero-order valence-electron chi connectivity index (χ0n) is 14.2. The predicted molar refractivity (Wildman–Crippen MR) is 91.9 cm³/mol. The standard InChI is InChI=1S/C17H19F3N2O4.ClH/c18-17(19,20)13-8-22(7-12(13)16(24)25)9-15(23)21-6-11-5-10-3-1-2-4-14(10)26-11;/h1-4,11-13H,5-9H2,(H,21,23)(H,24,25);1H/t11?,12-,13-;/m1./s1. The quantitative estimate of drug-likeness (QED) is 0.775. The molecule has 1 aromatic carbocycles. The van der Waals surface area contributed by atoms with Gasteiger partial charge >= 0.3 is 12.1 Å². The summed E-state index contributed by atoms with van der Waals surface area (Å²) in [4.78, 5) is 24.3. The molecule has 1 fully saturated rings. The number of rotatable bonds is 5. The number of amides is 1. The first-order chi connectivity index (χ1) is 12.2. The number of fused-ring (bicyclic) bond motifs is 1. The van der Waals surface area contributed by atoms with Crippen molar-refractivity contribution in [3.05, 3.63) is 29.8 Å². The van der Waals surface area contributed by atoms with Gasteiger partial charge in [0.2, 0.25) is 5.91 Å². The summed E-state index contributed by atoms with van der Waals surface area (Å²) in [5.41, 5.74) is 1.05. The lowest BCUT2D eigenvalue weighted by Crippen LogP contribution is -2.41. The fourth-order valence-corrected chi connectivity index (χ4v) is 3.45. The molecule has 27 heavy (non-hydrogen) atoms. The number of ether oxygens (including phenoxy) is 1. The number of para-hydroxylation sites is 1. The Balaban J connectivity index is 0.00000261. The van der Waals surface area contributed by atoms with Crippen LogP contribution in [0.1, 0.15) is 5.56 Å². The van der Waals surface area contributed by atoms with Gasteiger partial charge in [-0.15, -0.1) is 12.4 Å². The van der Waals surface area contributed by atoms with E-state index in [9.17, 15) is 22.8 Å². The van der Waals surface area contributed by atoms with E-state index in [0.717, 1.165) is 11.3 Å². The van der Waals surface area contributed by atoms with Crippen molar-refractivity contribution in [2.45, 2.75) is 18.7 Å². The average Bonchev–Trinajstić information content (AvgIpc) is 3.16. The maximum Gasteiger partial charge on any atom is 0.393 e. The highest BCUT2D eigenvalue weighted by atomic mass is 35.5. The smallest absolute Gasteiger partial charge is 0.393 e. The second kappa shape index (κ2) is 8.35. The van der Waals surface area contributed by atoms with Gasteiger partial charge in [0.1, 0.15) is 11.9 Å². The lowest BCUT2D eigenvalue weighted by Gasteiger charge is -2.18. The zero-order chi connectivity index (χ0) is 18.9. The van der Waals surface area contributed by atoms with Crippen LogP contribution in [0.2, 0.25) is 0 Å². The molecule has 2 aliphatic heterocycles. The molecule has 150 valence electrons. The fourth-order valence-electron chi connectivity index (χ4n) is 3.45. The Hall–Kier alpha value is -2.00. The van der Waals surface area contributed by atoms with Crippen molar-refractivity contribution in [2.24, 2.45) is 11.8 Å². The molecule has 0 aliphatic carbocycles. The third-order valence-corrected chi connectivity index (χ3v) is 4.74. The zero-order valence-corrected chi connectivity index (χ0v) is 15.1. The highest BCUT2D eigenvalue weighted by Crippen LogP contribution is 2.37. The molecule has 2 aliphatic rings. The van der Waals surface area contributed by atoms with E-state index in [0.29, 0.717) is 6.42 Å². The van der Waals surface area contributed by atoms with Crippen LogP contribution in [0, 0.1) is 11.8 Å². The summed E-state index contributed by atoms with van der Waals surface area (Å²) >= 11 is 0. The first kappa shape index (κ1) is 21.3. The minimum atomic E-state index is -4.60. The molecule has 1 amide bonds. The molecular weight excluding hydrogens is 389 g/mol. The second-order valence-electron chi connectivity index (χ2n) is 6.64. The van der Waals surface area contributed by atoms with Crippen molar-refractivity contribution in [3.8, 4) is 5.75 Å². The maximum atomic E-state index is 13.0. The van der Waals surface area contributed by atoms with Crippen LogP contribution >= 0.6 is 12.4 Å². The summed E-state index contributed by atoms with van der Waals surface area (Å²) in [6.07, 6.45) is -4.17. The van der Waals surface area contributed by atoms with Gasteiger partial charge in [0.15, 0.2) is 0 Å². The average molecular weight is 409 g/mol. The molecule has 1 aromatic rings. The van der Waals surface area contributed by atoms with Gasteiger partial charge in [-0.05, 0) is 11.6 Å². The molecular formula is C17H20ClF3N2O4. The number of carbonyl (C=O) groups is 2. The number of alkyl halides is 3. The molecule has 2 heterocycles. The lowest BCUT2D eigenvalue weighted by atomic mass is 9.96. The number of carboxylic acid groups (broad SMARTS) is 1. The number of benzene rings is 1. The monoisotopic (exact) mass is 408 g/mol. The van der Waals surface area contributed by atoms with E-state index < -0.39 is 36.4 Å². The van der Waals surface area contributed by atoms with E-state index in [1.807, 2.05) is 24.3 Å². The van der Waals surface area contributed by atoms with Crippen LogP contribution in [0.15, 0.2) is 24.3 Å². The Morgan fingerprint density at radius 3 is 2.56 bits per heavy atom. The van der Waals surface area contributed by atoms with Crippen LogP contribution in [-0.2, 0) is 16.0 Å². The predicted octanol–water partition coefficient (Wildman–Crippen LogP) is 1.72. The maximum absolute atomic E-state index is 13.0. The number of nitrogens with one attached hydrogen (secondary N) is 1. The Labute approximate surface area is 160 Å². The number of halogens is 4. The number of nitrogens with zero attached hydrogens (tertiary/aromatic N) is 1. The van der Waals surface area contributed by atoms with Crippen molar-refractivity contribution in [2.75, 3.05) is 26.2 Å². The Kier molecular flexibility index (Phi) is 6.59. The topological polar surface area (TPSA) is 78.9 Å². The summed E-state index contributed by atoms with van der Waals surface area (Å²) < 4.78 is 44.6. The van der Waals surface area contributed by atoms with Crippen molar-refractivity contribution in [1.29, 1.82) is 0 Å². The summed E-state index contributed by atoms with van der Waals surface area (Å²) in [5.74, 6) is -4.68. The molecule has 10 heteroatoms. The van der Waals surface area contributed by atoms with Crippen LogP contribution in [-0.4, -0.2) is 60.3 Å². The molecule has 0 saturated carbocycles. The van der Waals surface area contributed by atoms with E-state index in [2.05, 4.69) is 5.32 Å². The van der Waals surface area contributed by atoms with E-state index in [4.69, 9.17) is 9.84 Å². The van der Waals surface area contributed by atoms with E-state index in [1.54, 1.807) is 0 Å².